The van der Waals surface area contributed by atoms with Crippen LogP contribution >= 0.6 is 15.9 Å². The Bertz CT molecular complexity index is 304. The Balaban J connectivity index is 2.74. The summed E-state index contributed by atoms with van der Waals surface area (Å²) in [4.78, 5) is 25.2. The van der Waals surface area contributed by atoms with Crippen LogP contribution in [0.3, 0.4) is 0 Å². The zero-order valence-electron chi connectivity index (χ0n) is 9.46. The van der Waals surface area contributed by atoms with Crippen LogP contribution in [-0.2, 0) is 9.59 Å². The molecule has 5 heteroatoms. The number of halogens is 1. The molecule has 1 unspecified atom stereocenters. The van der Waals surface area contributed by atoms with Crippen molar-refractivity contribution in [1.29, 1.82) is 0 Å². The largest absolute Gasteiger partial charge is 0.344 e. The summed E-state index contributed by atoms with van der Waals surface area (Å²) in [6, 6.07) is -0.369. The van der Waals surface area contributed by atoms with E-state index in [9.17, 15) is 9.59 Å². The van der Waals surface area contributed by atoms with E-state index in [1.165, 1.54) is 0 Å². The zero-order valence-corrected chi connectivity index (χ0v) is 11.0. The highest BCUT2D eigenvalue weighted by atomic mass is 79.9. The number of hydrogen-bond donors (Lipinski definition) is 1. The maximum Gasteiger partial charge on any atom is 0.245 e. The smallest absolute Gasteiger partial charge is 0.245 e. The van der Waals surface area contributed by atoms with Crippen molar-refractivity contribution < 1.29 is 9.59 Å². The van der Waals surface area contributed by atoms with Crippen LogP contribution < -0.4 is 5.32 Å². The molecule has 0 saturated carbocycles. The molecule has 1 rings (SSSR count). The Morgan fingerprint density at radius 3 is 2.88 bits per heavy atom. The van der Waals surface area contributed by atoms with Crippen molar-refractivity contribution in [1.82, 2.24) is 10.2 Å². The van der Waals surface area contributed by atoms with E-state index in [1.807, 2.05) is 6.92 Å². The van der Waals surface area contributed by atoms with Crippen LogP contribution in [0, 0.1) is 0 Å². The quantitative estimate of drug-likeness (QED) is 0.850. The Morgan fingerprint density at radius 2 is 2.31 bits per heavy atom. The Hall–Kier alpha value is -0.840. The Morgan fingerprint density at radius 1 is 1.62 bits per heavy atom. The molecule has 1 N–H and O–H groups in total. The molecule has 1 heterocycles. The van der Waals surface area contributed by atoms with E-state index >= 15 is 0 Å². The Kier molecular flexibility index (Phi) is 4.99. The van der Waals surface area contributed by atoms with Crippen molar-refractivity contribution in [2.24, 2.45) is 0 Å². The number of rotatable bonds is 4. The molecule has 0 aromatic carbocycles. The highest BCUT2D eigenvalue weighted by molar-refractivity contribution is 9.11. The third kappa shape index (κ3) is 3.63. The van der Waals surface area contributed by atoms with Gasteiger partial charge in [0.25, 0.3) is 0 Å². The molecule has 4 nitrogen and oxygen atoms in total. The minimum Gasteiger partial charge on any atom is -0.344 e. The fourth-order valence-corrected chi connectivity index (χ4v) is 2.05. The lowest BCUT2D eigenvalue weighted by Crippen LogP contribution is -2.44. The highest BCUT2D eigenvalue weighted by Crippen LogP contribution is 2.12. The number of hydrogen-bond acceptors (Lipinski definition) is 2. The lowest BCUT2D eigenvalue weighted by molar-refractivity contribution is -0.133. The first-order valence-corrected chi connectivity index (χ1v) is 6.25. The third-order valence-electron chi connectivity index (χ3n) is 2.49. The number of nitrogens with zero attached hydrogens (tertiary/aromatic N) is 1. The molecule has 1 fully saturated rings. The van der Waals surface area contributed by atoms with E-state index < -0.39 is 0 Å². The molecule has 0 radical (unpaired) electrons. The number of carbonyl (C=O) groups excluding carboxylic acids is 2. The summed E-state index contributed by atoms with van der Waals surface area (Å²) in [5.74, 6) is -0.0530. The van der Waals surface area contributed by atoms with Gasteiger partial charge in [0.1, 0.15) is 6.04 Å². The van der Waals surface area contributed by atoms with Gasteiger partial charge in [-0.1, -0.05) is 35.9 Å². The first kappa shape index (κ1) is 13.2. The Labute approximate surface area is 104 Å². The summed E-state index contributed by atoms with van der Waals surface area (Å²) in [5.41, 5.74) is 0. The van der Waals surface area contributed by atoms with Crippen LogP contribution in [0.25, 0.3) is 0 Å². The van der Waals surface area contributed by atoms with Crippen molar-refractivity contribution in [3.05, 3.63) is 11.1 Å². The van der Waals surface area contributed by atoms with Gasteiger partial charge in [-0.3, -0.25) is 9.59 Å². The summed E-state index contributed by atoms with van der Waals surface area (Å²) in [7, 11) is 0. The molecule has 90 valence electrons. The average Bonchev–Trinajstić information content (AvgIpc) is 2.32. The van der Waals surface area contributed by atoms with Gasteiger partial charge in [-0.2, -0.15) is 0 Å². The number of amides is 2. The van der Waals surface area contributed by atoms with Gasteiger partial charge in [-0.15, -0.1) is 0 Å². The van der Waals surface area contributed by atoms with Crippen molar-refractivity contribution in [3.63, 3.8) is 0 Å². The topological polar surface area (TPSA) is 49.4 Å². The lowest BCUT2D eigenvalue weighted by atomic mass is 10.1. The van der Waals surface area contributed by atoms with E-state index in [4.69, 9.17) is 0 Å². The number of nitrogens with one attached hydrogen (secondary N) is 1. The second kappa shape index (κ2) is 6.03. The van der Waals surface area contributed by atoms with Crippen LogP contribution in [0.2, 0.25) is 0 Å². The molecule has 0 aromatic rings. The monoisotopic (exact) mass is 288 g/mol. The SMILES string of the molecule is C=C(Br)CN1CCC(=O)NC(CCC)C1=O. The van der Waals surface area contributed by atoms with Gasteiger partial charge < -0.3 is 10.2 Å². The van der Waals surface area contributed by atoms with E-state index in [0.29, 0.717) is 25.9 Å². The van der Waals surface area contributed by atoms with Crippen LogP contribution in [0.1, 0.15) is 26.2 Å². The first-order valence-electron chi connectivity index (χ1n) is 5.46. The van der Waals surface area contributed by atoms with E-state index in [2.05, 4.69) is 27.8 Å². The molecule has 0 spiro atoms. The van der Waals surface area contributed by atoms with Gasteiger partial charge in [0, 0.05) is 17.4 Å². The van der Waals surface area contributed by atoms with Gasteiger partial charge in [0.05, 0.1) is 6.54 Å². The van der Waals surface area contributed by atoms with E-state index in [0.717, 1.165) is 10.9 Å². The molecular formula is C11H17BrN2O2. The molecule has 0 bridgehead atoms. The lowest BCUT2D eigenvalue weighted by Gasteiger charge is -2.23. The highest BCUT2D eigenvalue weighted by Gasteiger charge is 2.28. The summed E-state index contributed by atoms with van der Waals surface area (Å²) in [6.07, 6.45) is 1.93. The van der Waals surface area contributed by atoms with E-state index in [-0.39, 0.29) is 17.9 Å². The van der Waals surface area contributed by atoms with Gasteiger partial charge in [0.2, 0.25) is 11.8 Å². The van der Waals surface area contributed by atoms with Crippen molar-refractivity contribution in [3.8, 4) is 0 Å². The minimum atomic E-state index is -0.369. The van der Waals surface area contributed by atoms with Crippen LogP contribution in [-0.4, -0.2) is 35.8 Å². The van der Waals surface area contributed by atoms with E-state index in [1.54, 1.807) is 4.90 Å². The maximum absolute atomic E-state index is 12.1. The normalized spacial score (nSPS) is 21.6. The van der Waals surface area contributed by atoms with Crippen molar-refractivity contribution in [2.75, 3.05) is 13.1 Å². The van der Waals surface area contributed by atoms with Crippen molar-refractivity contribution in [2.45, 2.75) is 32.2 Å². The predicted octanol–water partition coefficient (Wildman–Crippen LogP) is 1.41. The molecule has 1 saturated heterocycles. The molecule has 1 atom stereocenters. The van der Waals surface area contributed by atoms with Crippen molar-refractivity contribution >= 4 is 27.7 Å². The molecule has 0 aliphatic carbocycles. The van der Waals surface area contributed by atoms with Gasteiger partial charge >= 0.3 is 0 Å². The van der Waals surface area contributed by atoms with Gasteiger partial charge in [0.15, 0.2) is 0 Å². The summed E-state index contributed by atoms with van der Waals surface area (Å²) >= 11 is 3.24. The second-order valence-corrected chi connectivity index (χ2v) is 5.06. The molecule has 1 aliphatic rings. The minimum absolute atomic E-state index is 0.00620. The van der Waals surface area contributed by atoms with Gasteiger partial charge in [-0.05, 0) is 6.42 Å². The average molecular weight is 289 g/mol. The summed E-state index contributed by atoms with van der Waals surface area (Å²) in [6.45, 7) is 6.65. The predicted molar refractivity (Wildman–Crippen MR) is 66.1 cm³/mol. The first-order chi connectivity index (χ1) is 7.54. The molecular weight excluding hydrogens is 272 g/mol. The zero-order chi connectivity index (χ0) is 12.1. The third-order valence-corrected chi connectivity index (χ3v) is 2.74. The van der Waals surface area contributed by atoms with Crippen LogP contribution in [0.4, 0.5) is 0 Å². The van der Waals surface area contributed by atoms with Gasteiger partial charge in [-0.25, -0.2) is 0 Å². The summed E-state index contributed by atoms with van der Waals surface area (Å²) < 4.78 is 0.755. The standard InChI is InChI=1S/C11H17BrN2O2/c1-3-4-9-11(16)14(7-8(2)12)6-5-10(15)13-9/h9H,2-7H2,1H3,(H,13,15). The van der Waals surface area contributed by atoms with Crippen LogP contribution in [0.5, 0.6) is 0 Å². The second-order valence-electron chi connectivity index (χ2n) is 3.94. The maximum atomic E-state index is 12.1. The fraction of sp³-hybridized carbons (Fsp3) is 0.636. The number of carbonyl (C=O) groups is 2. The summed E-state index contributed by atoms with van der Waals surface area (Å²) in [5, 5.41) is 2.76. The molecule has 1 aliphatic heterocycles. The van der Waals surface area contributed by atoms with Crippen LogP contribution in [0.15, 0.2) is 11.1 Å². The molecule has 2 amide bonds. The fourth-order valence-electron chi connectivity index (χ4n) is 1.74. The molecule has 16 heavy (non-hydrogen) atoms. The molecule has 0 aromatic heterocycles.